The van der Waals surface area contributed by atoms with E-state index < -0.39 is 5.91 Å². The predicted octanol–water partition coefficient (Wildman–Crippen LogP) is 2.87. The molecule has 1 aromatic carbocycles. The van der Waals surface area contributed by atoms with Crippen LogP contribution in [-0.4, -0.2) is 67.4 Å². The molecule has 3 aromatic rings. The van der Waals surface area contributed by atoms with Crippen LogP contribution in [0.15, 0.2) is 49.3 Å². The Hall–Kier alpha value is -4.41. The minimum atomic E-state index is -0.400. The molecule has 11 heteroatoms. The number of tetrazole rings is 1. The Morgan fingerprint density at radius 1 is 1.26 bits per heavy atom. The summed E-state index contributed by atoms with van der Waals surface area (Å²) < 4.78 is 0. The molecule has 1 fully saturated rings. The van der Waals surface area contributed by atoms with Crippen molar-refractivity contribution in [2.45, 2.75) is 58.7 Å². The van der Waals surface area contributed by atoms with Crippen LogP contribution < -0.4 is 10.2 Å². The van der Waals surface area contributed by atoms with Crippen molar-refractivity contribution in [3.8, 4) is 11.1 Å². The maximum atomic E-state index is 12.9. The highest BCUT2D eigenvalue weighted by molar-refractivity contribution is 5.98. The van der Waals surface area contributed by atoms with Gasteiger partial charge in [0.1, 0.15) is 0 Å². The van der Waals surface area contributed by atoms with Crippen molar-refractivity contribution in [1.29, 1.82) is 0 Å². The second kappa shape index (κ2) is 11.1. The number of piperidine rings is 1. The van der Waals surface area contributed by atoms with Crippen LogP contribution >= 0.6 is 0 Å². The van der Waals surface area contributed by atoms with Gasteiger partial charge in [0.15, 0.2) is 0 Å². The highest BCUT2D eigenvalue weighted by Crippen LogP contribution is 2.34. The van der Waals surface area contributed by atoms with Crippen molar-refractivity contribution < 1.29 is 14.4 Å². The molecular formula is C28H34N8O3. The van der Waals surface area contributed by atoms with Crippen molar-refractivity contribution in [1.82, 2.24) is 35.4 Å². The molecule has 1 N–H and O–H groups in total. The van der Waals surface area contributed by atoms with Gasteiger partial charge in [0, 0.05) is 38.3 Å². The van der Waals surface area contributed by atoms with Gasteiger partial charge in [-0.2, -0.15) is 4.80 Å². The number of anilines is 1. The molecule has 1 saturated heterocycles. The number of hydrogen-bond acceptors (Lipinski definition) is 7. The molecule has 39 heavy (non-hydrogen) atoms. The lowest BCUT2D eigenvalue weighted by Gasteiger charge is -2.37. The van der Waals surface area contributed by atoms with E-state index in [1.807, 2.05) is 52.0 Å². The highest BCUT2D eigenvalue weighted by Gasteiger charge is 2.32. The van der Waals surface area contributed by atoms with E-state index in [1.54, 1.807) is 29.2 Å². The van der Waals surface area contributed by atoms with E-state index in [4.69, 9.17) is 0 Å². The van der Waals surface area contributed by atoms with E-state index in [2.05, 4.69) is 32.3 Å². The van der Waals surface area contributed by atoms with Gasteiger partial charge in [0.2, 0.25) is 11.8 Å². The van der Waals surface area contributed by atoms with Crippen LogP contribution in [0.1, 0.15) is 55.4 Å². The molecular weight excluding hydrogens is 496 g/mol. The van der Waals surface area contributed by atoms with Crippen LogP contribution in [0.3, 0.4) is 0 Å². The first-order chi connectivity index (χ1) is 18.5. The molecule has 3 heterocycles. The minimum absolute atomic E-state index is 0.00647. The zero-order valence-electron chi connectivity index (χ0n) is 23.0. The lowest BCUT2D eigenvalue weighted by Crippen LogP contribution is -2.50. The smallest absolute Gasteiger partial charge is 0.293 e. The van der Waals surface area contributed by atoms with Crippen LogP contribution in [-0.2, 0) is 21.7 Å². The number of carbonyl (C=O) groups excluding carboxylic acids is 3. The van der Waals surface area contributed by atoms with Gasteiger partial charge in [-0.25, -0.2) is 0 Å². The van der Waals surface area contributed by atoms with Gasteiger partial charge in [-0.05, 0) is 68.2 Å². The van der Waals surface area contributed by atoms with Crippen LogP contribution in [0.5, 0.6) is 0 Å². The normalized spacial score (nSPS) is 15.7. The van der Waals surface area contributed by atoms with Crippen molar-refractivity contribution in [3.63, 3.8) is 0 Å². The molecule has 4 rings (SSSR count). The van der Waals surface area contributed by atoms with Crippen LogP contribution in [0, 0.1) is 6.92 Å². The summed E-state index contributed by atoms with van der Waals surface area (Å²) in [4.78, 5) is 46.7. The second-order valence-corrected chi connectivity index (χ2v) is 10.6. The number of amides is 3. The summed E-state index contributed by atoms with van der Waals surface area (Å²) in [5.41, 5.74) is 4.01. The molecule has 1 atom stereocenters. The Morgan fingerprint density at radius 3 is 2.69 bits per heavy atom. The fourth-order valence-electron chi connectivity index (χ4n) is 4.45. The second-order valence-electron chi connectivity index (χ2n) is 10.6. The predicted molar refractivity (Wildman–Crippen MR) is 147 cm³/mol. The number of aromatic nitrogens is 5. The molecule has 0 unspecified atom stereocenters. The van der Waals surface area contributed by atoms with Gasteiger partial charge in [-0.3, -0.25) is 19.4 Å². The summed E-state index contributed by atoms with van der Waals surface area (Å²) in [6.45, 7) is 12.0. The topological polar surface area (TPSA) is 126 Å². The zero-order chi connectivity index (χ0) is 28.3. The van der Waals surface area contributed by atoms with Gasteiger partial charge >= 0.3 is 0 Å². The summed E-state index contributed by atoms with van der Waals surface area (Å²) in [6, 6.07) is 7.69. The van der Waals surface area contributed by atoms with Crippen LogP contribution in [0.4, 0.5) is 5.69 Å². The highest BCUT2D eigenvalue weighted by atomic mass is 16.2. The standard InChI is InChI=1S/C28H34N8O3/c1-7-24(37)34(6)21-10-11-25(38)35(17-21)23-16-29-13-12-22(23)19-8-9-20(18(2)14-19)15-30-27(39)26-31-33-36(32-26)28(3,4)5/h7-9,12-14,16,21H,1,10-11,15,17H2,2-6H3,(H,30,39)/t21-/m0/s1. The number of rotatable bonds is 7. The Morgan fingerprint density at radius 2 is 2.03 bits per heavy atom. The van der Waals surface area contributed by atoms with Crippen LogP contribution in [0.2, 0.25) is 0 Å². The van der Waals surface area contributed by atoms with Crippen LogP contribution in [0.25, 0.3) is 11.1 Å². The average Bonchev–Trinajstić information content (AvgIpc) is 3.43. The quantitative estimate of drug-likeness (QED) is 0.466. The first-order valence-electron chi connectivity index (χ1n) is 12.8. The van der Waals surface area contributed by atoms with Crippen molar-refractivity contribution in [3.05, 3.63) is 66.3 Å². The summed E-state index contributed by atoms with van der Waals surface area (Å²) in [5, 5.41) is 14.9. The largest absolute Gasteiger partial charge is 0.345 e. The van der Waals surface area contributed by atoms with Crippen molar-refractivity contribution in [2.24, 2.45) is 0 Å². The number of benzene rings is 1. The molecule has 1 aliphatic heterocycles. The Kier molecular flexibility index (Phi) is 7.89. The number of carbonyl (C=O) groups is 3. The third kappa shape index (κ3) is 6.02. The zero-order valence-corrected chi connectivity index (χ0v) is 23.0. The summed E-state index contributed by atoms with van der Waals surface area (Å²) in [5.74, 6) is -0.560. The fraction of sp³-hybridized carbons (Fsp3) is 0.393. The average molecular weight is 531 g/mol. The molecule has 0 aliphatic carbocycles. The van der Waals surface area contributed by atoms with E-state index in [0.717, 1.165) is 22.3 Å². The van der Waals surface area contributed by atoms with Gasteiger partial charge < -0.3 is 15.1 Å². The lowest BCUT2D eigenvalue weighted by atomic mass is 9.97. The van der Waals surface area contributed by atoms with Crippen molar-refractivity contribution >= 4 is 23.4 Å². The molecule has 1 aliphatic rings. The van der Waals surface area contributed by atoms with E-state index in [9.17, 15) is 14.4 Å². The third-order valence-corrected chi connectivity index (χ3v) is 6.86. The molecule has 3 amide bonds. The number of pyridine rings is 1. The Balaban J connectivity index is 1.52. The molecule has 0 saturated carbocycles. The molecule has 0 radical (unpaired) electrons. The lowest BCUT2D eigenvalue weighted by molar-refractivity contribution is -0.129. The Labute approximate surface area is 227 Å². The van der Waals surface area contributed by atoms with Gasteiger partial charge in [-0.1, -0.05) is 24.8 Å². The maximum Gasteiger partial charge on any atom is 0.293 e. The van der Waals surface area contributed by atoms with E-state index in [-0.39, 0.29) is 29.2 Å². The summed E-state index contributed by atoms with van der Waals surface area (Å²) >= 11 is 0. The molecule has 204 valence electrons. The van der Waals surface area contributed by atoms with E-state index >= 15 is 0 Å². The number of nitrogens with zero attached hydrogens (tertiary/aromatic N) is 7. The molecule has 0 bridgehead atoms. The summed E-state index contributed by atoms with van der Waals surface area (Å²) in [6.07, 6.45) is 5.60. The number of nitrogens with one attached hydrogen (secondary N) is 1. The molecule has 11 nitrogen and oxygen atoms in total. The van der Waals surface area contributed by atoms with Gasteiger partial charge in [0.05, 0.1) is 23.5 Å². The van der Waals surface area contributed by atoms with E-state index in [0.29, 0.717) is 31.6 Å². The maximum absolute atomic E-state index is 12.9. The SMILES string of the molecule is C=CC(=O)N(C)[C@H]1CCC(=O)N(c2cnccc2-c2ccc(CNC(=O)c3nnn(C(C)(C)C)n3)c(C)c2)C1. The number of likely N-dealkylation sites (N-methyl/N-ethyl adjacent to an activating group) is 1. The van der Waals surface area contributed by atoms with E-state index in [1.165, 1.54) is 10.9 Å². The molecule has 0 spiro atoms. The van der Waals surface area contributed by atoms with Crippen molar-refractivity contribution in [2.75, 3.05) is 18.5 Å². The third-order valence-electron chi connectivity index (χ3n) is 6.86. The number of aryl methyl sites for hydroxylation is 1. The fourth-order valence-corrected chi connectivity index (χ4v) is 4.45. The first kappa shape index (κ1) is 27.6. The minimum Gasteiger partial charge on any atom is -0.345 e. The van der Waals surface area contributed by atoms with Gasteiger partial charge in [-0.15, -0.1) is 10.2 Å². The number of hydrogen-bond donors (Lipinski definition) is 1. The Bertz CT molecular complexity index is 1410. The monoisotopic (exact) mass is 530 g/mol. The molecule has 2 aromatic heterocycles. The first-order valence-corrected chi connectivity index (χ1v) is 12.8. The summed E-state index contributed by atoms with van der Waals surface area (Å²) in [7, 11) is 1.73. The van der Waals surface area contributed by atoms with Gasteiger partial charge in [0.25, 0.3) is 11.7 Å².